The van der Waals surface area contributed by atoms with E-state index in [1.807, 2.05) is 25.1 Å². The van der Waals surface area contributed by atoms with Gasteiger partial charge in [-0.3, -0.25) is 4.79 Å². The molecule has 0 aliphatic carbocycles. The first kappa shape index (κ1) is 13.9. The maximum Gasteiger partial charge on any atom is 0.257 e. The fourth-order valence-corrected chi connectivity index (χ4v) is 2.21. The molecule has 0 fully saturated rings. The van der Waals surface area contributed by atoms with Gasteiger partial charge in [0.05, 0.1) is 12.4 Å². The molecule has 0 aliphatic rings. The van der Waals surface area contributed by atoms with Gasteiger partial charge in [-0.15, -0.1) is 0 Å². The molecule has 0 atom stereocenters. The number of aromatic nitrogens is 1. The van der Waals surface area contributed by atoms with Gasteiger partial charge in [0.1, 0.15) is 5.52 Å². The van der Waals surface area contributed by atoms with Crippen molar-refractivity contribution < 1.29 is 13.9 Å². The molecule has 1 heterocycles. The fraction of sp³-hybridized carbons (Fsp3) is 0.385. The average molecular weight is 280 g/mol. The van der Waals surface area contributed by atoms with Gasteiger partial charge >= 0.3 is 0 Å². The fourth-order valence-electron chi connectivity index (χ4n) is 1.54. The van der Waals surface area contributed by atoms with Crippen LogP contribution >= 0.6 is 11.8 Å². The van der Waals surface area contributed by atoms with Crippen LogP contribution in [-0.4, -0.2) is 36.9 Å². The summed E-state index contributed by atoms with van der Waals surface area (Å²) in [7, 11) is 1.60. The highest BCUT2D eigenvalue weighted by molar-refractivity contribution is 7.99. The number of ether oxygens (including phenoxy) is 1. The maximum atomic E-state index is 11.5. The third-order valence-electron chi connectivity index (χ3n) is 2.48. The van der Waals surface area contributed by atoms with Crippen molar-refractivity contribution >= 4 is 28.8 Å². The molecule has 0 bridgehead atoms. The highest BCUT2D eigenvalue weighted by Crippen LogP contribution is 2.23. The first-order valence-electron chi connectivity index (χ1n) is 5.94. The Balaban J connectivity index is 1.89. The number of methoxy groups -OCH3 is 1. The molecule has 0 spiro atoms. The van der Waals surface area contributed by atoms with Crippen molar-refractivity contribution in [2.75, 3.05) is 26.0 Å². The molecule has 5 nitrogen and oxygen atoms in total. The number of hydrogen-bond donors (Lipinski definition) is 1. The molecular formula is C13H16N2O3S. The number of thioether (sulfide) groups is 1. The largest absolute Gasteiger partial charge is 0.431 e. The molecule has 0 saturated carbocycles. The molecule has 102 valence electrons. The monoisotopic (exact) mass is 280 g/mol. The van der Waals surface area contributed by atoms with Crippen LogP contribution in [0.25, 0.3) is 11.1 Å². The molecule has 0 unspecified atom stereocenters. The first-order chi connectivity index (χ1) is 9.19. The number of carbonyl (C=O) groups is 1. The Labute approximate surface area is 115 Å². The van der Waals surface area contributed by atoms with Crippen molar-refractivity contribution in [3.8, 4) is 0 Å². The van der Waals surface area contributed by atoms with E-state index in [-0.39, 0.29) is 11.7 Å². The van der Waals surface area contributed by atoms with E-state index in [9.17, 15) is 4.79 Å². The van der Waals surface area contributed by atoms with E-state index in [0.717, 1.165) is 16.7 Å². The van der Waals surface area contributed by atoms with Crippen LogP contribution in [0.5, 0.6) is 0 Å². The predicted molar refractivity (Wildman–Crippen MR) is 74.4 cm³/mol. The van der Waals surface area contributed by atoms with Crippen molar-refractivity contribution in [1.29, 1.82) is 0 Å². The molecule has 2 aromatic rings. The van der Waals surface area contributed by atoms with Gasteiger partial charge in [-0.1, -0.05) is 17.8 Å². The van der Waals surface area contributed by atoms with Gasteiger partial charge in [0.25, 0.3) is 5.22 Å². The minimum atomic E-state index is -0.0551. The molecule has 1 aromatic heterocycles. The van der Waals surface area contributed by atoms with Crippen LogP contribution in [0.3, 0.4) is 0 Å². The lowest BCUT2D eigenvalue weighted by Crippen LogP contribution is -2.28. The normalized spacial score (nSPS) is 10.8. The SMILES string of the molecule is COCCNC(=O)CSc1nc2ccc(C)cc2o1. The molecule has 6 heteroatoms. The minimum absolute atomic E-state index is 0.0551. The minimum Gasteiger partial charge on any atom is -0.431 e. The van der Waals surface area contributed by atoms with Crippen LogP contribution in [0.4, 0.5) is 0 Å². The summed E-state index contributed by atoms with van der Waals surface area (Å²) in [5.74, 6) is 0.232. The number of hydrogen-bond acceptors (Lipinski definition) is 5. The molecule has 0 aliphatic heterocycles. The highest BCUT2D eigenvalue weighted by atomic mass is 32.2. The summed E-state index contributed by atoms with van der Waals surface area (Å²) in [6, 6.07) is 5.83. The third kappa shape index (κ3) is 3.97. The second-order valence-electron chi connectivity index (χ2n) is 4.08. The van der Waals surface area contributed by atoms with E-state index in [0.29, 0.717) is 18.4 Å². The number of fused-ring (bicyclic) bond motifs is 1. The van der Waals surface area contributed by atoms with Gasteiger partial charge in [-0.25, -0.2) is 4.98 Å². The Morgan fingerprint density at radius 3 is 3.16 bits per heavy atom. The lowest BCUT2D eigenvalue weighted by molar-refractivity contribution is -0.118. The lowest BCUT2D eigenvalue weighted by Gasteiger charge is -2.02. The maximum absolute atomic E-state index is 11.5. The lowest BCUT2D eigenvalue weighted by atomic mass is 10.2. The van der Waals surface area contributed by atoms with Gasteiger partial charge in [0, 0.05) is 13.7 Å². The molecule has 19 heavy (non-hydrogen) atoms. The summed E-state index contributed by atoms with van der Waals surface area (Å²) in [5, 5.41) is 3.26. The topological polar surface area (TPSA) is 64.4 Å². The zero-order chi connectivity index (χ0) is 13.7. The number of nitrogens with one attached hydrogen (secondary N) is 1. The Bertz CT molecular complexity index is 568. The number of nitrogens with zero attached hydrogens (tertiary/aromatic N) is 1. The van der Waals surface area contributed by atoms with Crippen molar-refractivity contribution in [1.82, 2.24) is 10.3 Å². The molecule has 1 aromatic carbocycles. The third-order valence-corrected chi connectivity index (χ3v) is 3.31. The number of benzene rings is 1. The van der Waals surface area contributed by atoms with E-state index < -0.39 is 0 Å². The van der Waals surface area contributed by atoms with Gasteiger partial charge in [-0.2, -0.15) is 0 Å². The Morgan fingerprint density at radius 1 is 1.53 bits per heavy atom. The summed E-state index contributed by atoms with van der Waals surface area (Å²) < 4.78 is 10.4. The molecule has 0 saturated heterocycles. The van der Waals surface area contributed by atoms with Crippen LogP contribution in [-0.2, 0) is 9.53 Å². The van der Waals surface area contributed by atoms with Crippen molar-refractivity contribution in [3.63, 3.8) is 0 Å². The van der Waals surface area contributed by atoms with Crippen LogP contribution in [0.2, 0.25) is 0 Å². The number of aryl methyl sites for hydroxylation is 1. The summed E-state index contributed by atoms with van der Waals surface area (Å²) in [6.45, 7) is 3.03. The summed E-state index contributed by atoms with van der Waals surface area (Å²) in [4.78, 5) is 15.8. The van der Waals surface area contributed by atoms with E-state index in [2.05, 4.69) is 10.3 Å². The second-order valence-corrected chi connectivity index (χ2v) is 5.01. The average Bonchev–Trinajstić information content (AvgIpc) is 2.78. The first-order valence-corrected chi connectivity index (χ1v) is 6.93. The van der Waals surface area contributed by atoms with E-state index in [4.69, 9.17) is 9.15 Å². The zero-order valence-electron chi connectivity index (χ0n) is 10.9. The van der Waals surface area contributed by atoms with Gasteiger partial charge in [0.15, 0.2) is 5.58 Å². The van der Waals surface area contributed by atoms with Crippen molar-refractivity contribution in [2.24, 2.45) is 0 Å². The number of carbonyl (C=O) groups excluding carboxylic acids is 1. The van der Waals surface area contributed by atoms with Gasteiger partial charge < -0.3 is 14.5 Å². The van der Waals surface area contributed by atoms with Crippen LogP contribution in [0.15, 0.2) is 27.8 Å². The summed E-state index contributed by atoms with van der Waals surface area (Å²) in [5.41, 5.74) is 2.69. The number of rotatable bonds is 6. The molecule has 2 rings (SSSR count). The molecule has 1 amide bonds. The number of amides is 1. The van der Waals surface area contributed by atoms with Crippen LogP contribution < -0.4 is 5.32 Å². The quantitative estimate of drug-likeness (QED) is 0.647. The van der Waals surface area contributed by atoms with E-state index in [1.165, 1.54) is 11.8 Å². The summed E-state index contributed by atoms with van der Waals surface area (Å²) in [6.07, 6.45) is 0. The summed E-state index contributed by atoms with van der Waals surface area (Å²) >= 11 is 1.29. The van der Waals surface area contributed by atoms with Crippen molar-refractivity contribution in [3.05, 3.63) is 23.8 Å². The standard InChI is InChI=1S/C13H16N2O3S/c1-9-3-4-10-11(7-9)18-13(15-10)19-8-12(16)14-5-6-17-2/h3-4,7H,5-6,8H2,1-2H3,(H,14,16). The van der Waals surface area contributed by atoms with Crippen molar-refractivity contribution in [2.45, 2.75) is 12.1 Å². The molecular weight excluding hydrogens is 264 g/mol. The van der Waals surface area contributed by atoms with Gasteiger partial charge in [0.2, 0.25) is 5.91 Å². The molecule has 0 radical (unpaired) electrons. The predicted octanol–water partition coefficient (Wildman–Crippen LogP) is 1.99. The van der Waals surface area contributed by atoms with E-state index in [1.54, 1.807) is 7.11 Å². The molecule has 1 N–H and O–H groups in total. The Kier molecular flexibility index (Phi) is 4.81. The smallest absolute Gasteiger partial charge is 0.257 e. The van der Waals surface area contributed by atoms with Crippen LogP contribution in [0.1, 0.15) is 5.56 Å². The zero-order valence-corrected chi connectivity index (χ0v) is 11.8. The van der Waals surface area contributed by atoms with Crippen LogP contribution in [0, 0.1) is 6.92 Å². The Hall–Kier alpha value is -1.53. The highest BCUT2D eigenvalue weighted by Gasteiger charge is 2.09. The van der Waals surface area contributed by atoms with E-state index >= 15 is 0 Å². The van der Waals surface area contributed by atoms with Gasteiger partial charge in [-0.05, 0) is 24.6 Å². The second kappa shape index (κ2) is 6.58. The number of oxazole rings is 1. The Morgan fingerprint density at radius 2 is 2.37 bits per heavy atom.